The van der Waals surface area contributed by atoms with E-state index in [0.717, 1.165) is 44.1 Å². The van der Waals surface area contributed by atoms with Gasteiger partial charge >= 0.3 is 0 Å². The lowest BCUT2D eigenvalue weighted by Gasteiger charge is -2.31. The Kier molecular flexibility index (Phi) is 11.0. The number of hydrogen-bond acceptors (Lipinski definition) is 5. The number of sulfonamides is 1. The van der Waals surface area contributed by atoms with Gasteiger partial charge in [0, 0.05) is 19.0 Å². The minimum absolute atomic E-state index is 0.0460. The molecule has 0 aliphatic heterocycles. The number of rotatable bonds is 12. The highest BCUT2D eigenvalue weighted by molar-refractivity contribution is 7.89. The van der Waals surface area contributed by atoms with Crippen LogP contribution >= 0.6 is 0 Å². The lowest BCUT2D eigenvalue weighted by molar-refractivity contribution is -0.127. The summed E-state index contributed by atoms with van der Waals surface area (Å²) < 4.78 is 33.7. The number of aliphatic hydroxyl groups excluding tert-OH is 1. The third-order valence-electron chi connectivity index (χ3n) is 6.97. The highest BCUT2D eigenvalue weighted by Crippen LogP contribution is 2.24. The van der Waals surface area contributed by atoms with E-state index >= 15 is 0 Å². The Morgan fingerprint density at radius 1 is 1.00 bits per heavy atom. The van der Waals surface area contributed by atoms with E-state index in [-0.39, 0.29) is 35.7 Å². The molecule has 7 nitrogen and oxygen atoms in total. The van der Waals surface area contributed by atoms with Gasteiger partial charge in [-0.05, 0) is 55.0 Å². The van der Waals surface area contributed by atoms with Gasteiger partial charge in [0.05, 0.1) is 24.2 Å². The fraction of sp³-hybridized carbons (Fsp3) is 0.552. The summed E-state index contributed by atoms with van der Waals surface area (Å²) in [6.45, 7) is 4.02. The van der Waals surface area contributed by atoms with E-state index in [1.807, 2.05) is 44.2 Å². The highest BCUT2D eigenvalue weighted by Gasteiger charge is 2.32. The van der Waals surface area contributed by atoms with Crippen molar-refractivity contribution in [1.82, 2.24) is 9.62 Å². The van der Waals surface area contributed by atoms with Crippen molar-refractivity contribution in [3.63, 3.8) is 0 Å². The van der Waals surface area contributed by atoms with Gasteiger partial charge < -0.3 is 15.2 Å². The number of benzene rings is 2. The molecular weight excluding hydrogens is 488 g/mol. The van der Waals surface area contributed by atoms with Crippen molar-refractivity contribution in [2.24, 2.45) is 11.8 Å². The largest absolute Gasteiger partial charge is 0.497 e. The second kappa shape index (κ2) is 13.9. The molecule has 0 unspecified atom stereocenters. The monoisotopic (exact) mass is 530 g/mol. The molecule has 0 saturated heterocycles. The van der Waals surface area contributed by atoms with Crippen molar-refractivity contribution in [1.29, 1.82) is 0 Å². The van der Waals surface area contributed by atoms with Crippen LogP contribution in [-0.2, 0) is 21.2 Å². The first-order valence-corrected chi connectivity index (χ1v) is 14.8. The van der Waals surface area contributed by atoms with Crippen LogP contribution in [-0.4, -0.2) is 56.1 Å². The standard InChI is InChI=1S/C29H42N2O5S/c1-22(2)20-31(37(34,35)26-17-15-25(36-3)16-18-26)21-28(32)27(19-23-11-7-6-8-12-23)30-29(33)24-13-9-4-5-10-14-24/h6-8,11-12,15-18,22,24,27-28,32H,4-5,9-10,13-14,19-21H2,1-3H3,(H,30,33)/t27-,28+/m0/s1. The number of amides is 1. The Morgan fingerprint density at radius 3 is 2.19 bits per heavy atom. The number of carbonyl (C=O) groups excluding carboxylic acids is 1. The Morgan fingerprint density at radius 2 is 1.62 bits per heavy atom. The molecule has 0 bridgehead atoms. The van der Waals surface area contributed by atoms with E-state index in [9.17, 15) is 18.3 Å². The highest BCUT2D eigenvalue weighted by atomic mass is 32.2. The summed E-state index contributed by atoms with van der Waals surface area (Å²) in [5, 5.41) is 14.5. The van der Waals surface area contributed by atoms with Crippen LogP contribution in [0, 0.1) is 11.8 Å². The van der Waals surface area contributed by atoms with E-state index in [1.54, 1.807) is 12.1 Å². The summed E-state index contributed by atoms with van der Waals surface area (Å²) >= 11 is 0. The summed E-state index contributed by atoms with van der Waals surface area (Å²) in [5.74, 6) is 0.505. The molecule has 2 aromatic rings. The van der Waals surface area contributed by atoms with Gasteiger partial charge in [0.1, 0.15) is 5.75 Å². The molecule has 0 heterocycles. The molecule has 1 aliphatic carbocycles. The van der Waals surface area contributed by atoms with E-state index in [2.05, 4.69) is 5.32 Å². The maximum atomic E-state index is 13.6. The fourth-order valence-electron chi connectivity index (χ4n) is 4.90. The average Bonchev–Trinajstić information content (AvgIpc) is 3.18. The van der Waals surface area contributed by atoms with Crippen LogP contribution in [0.5, 0.6) is 5.75 Å². The van der Waals surface area contributed by atoms with Crippen LogP contribution < -0.4 is 10.1 Å². The van der Waals surface area contributed by atoms with Gasteiger partial charge in [-0.2, -0.15) is 4.31 Å². The topological polar surface area (TPSA) is 95.9 Å². The smallest absolute Gasteiger partial charge is 0.243 e. The van der Waals surface area contributed by atoms with Crippen molar-refractivity contribution >= 4 is 15.9 Å². The summed E-state index contributed by atoms with van der Waals surface area (Å²) in [4.78, 5) is 13.4. The second-order valence-electron chi connectivity index (χ2n) is 10.5. The average molecular weight is 531 g/mol. The molecule has 2 atom stereocenters. The molecule has 2 aromatic carbocycles. The van der Waals surface area contributed by atoms with E-state index in [1.165, 1.54) is 23.5 Å². The number of nitrogens with one attached hydrogen (secondary N) is 1. The normalized spacial score (nSPS) is 16.8. The molecular formula is C29H42N2O5S. The third-order valence-corrected chi connectivity index (χ3v) is 8.82. The quantitative estimate of drug-likeness (QED) is 0.397. The Bertz CT molecular complexity index is 1070. The number of carbonyl (C=O) groups is 1. The predicted molar refractivity (Wildman–Crippen MR) is 146 cm³/mol. The number of hydrogen-bond donors (Lipinski definition) is 2. The van der Waals surface area contributed by atoms with E-state index in [4.69, 9.17) is 4.74 Å². The fourth-order valence-corrected chi connectivity index (χ4v) is 6.53. The molecule has 3 rings (SSSR count). The summed E-state index contributed by atoms with van der Waals surface area (Å²) in [6.07, 6.45) is 5.40. The molecule has 1 saturated carbocycles. The van der Waals surface area contributed by atoms with Gasteiger partial charge in [0.2, 0.25) is 15.9 Å². The lowest BCUT2D eigenvalue weighted by Crippen LogP contribution is -2.52. The van der Waals surface area contributed by atoms with E-state index in [0.29, 0.717) is 12.2 Å². The molecule has 0 aromatic heterocycles. The maximum absolute atomic E-state index is 13.6. The zero-order valence-corrected chi connectivity index (χ0v) is 23.1. The van der Waals surface area contributed by atoms with Crippen LogP contribution in [0.1, 0.15) is 57.9 Å². The Balaban J connectivity index is 1.83. The molecule has 204 valence electrons. The van der Waals surface area contributed by atoms with Gasteiger partial charge in [-0.25, -0.2) is 8.42 Å². The first-order chi connectivity index (χ1) is 17.7. The summed E-state index contributed by atoms with van der Waals surface area (Å²) in [7, 11) is -2.34. The van der Waals surface area contributed by atoms with Crippen molar-refractivity contribution in [2.75, 3.05) is 20.2 Å². The van der Waals surface area contributed by atoms with Crippen LogP contribution in [0.4, 0.5) is 0 Å². The van der Waals surface area contributed by atoms with Crippen LogP contribution in [0.3, 0.4) is 0 Å². The minimum Gasteiger partial charge on any atom is -0.497 e. The van der Waals surface area contributed by atoms with Gasteiger partial charge in [-0.3, -0.25) is 4.79 Å². The first-order valence-electron chi connectivity index (χ1n) is 13.4. The molecule has 2 N–H and O–H groups in total. The van der Waals surface area contributed by atoms with E-state index < -0.39 is 22.2 Å². The SMILES string of the molecule is COc1ccc(S(=O)(=O)N(CC(C)C)C[C@@H](O)[C@H](Cc2ccccc2)NC(=O)C2CCCCCC2)cc1. The van der Waals surface area contributed by atoms with Crippen LogP contribution in [0.25, 0.3) is 0 Å². The molecule has 0 radical (unpaired) electrons. The van der Waals surface area contributed by atoms with Crippen molar-refractivity contribution in [3.8, 4) is 5.75 Å². The molecule has 8 heteroatoms. The molecule has 1 fully saturated rings. The lowest BCUT2D eigenvalue weighted by atomic mass is 9.96. The minimum atomic E-state index is -3.87. The zero-order chi connectivity index (χ0) is 26.8. The summed E-state index contributed by atoms with van der Waals surface area (Å²) in [5.41, 5.74) is 0.973. The number of aliphatic hydroxyl groups is 1. The van der Waals surface area contributed by atoms with Gasteiger partial charge in [-0.1, -0.05) is 69.9 Å². The van der Waals surface area contributed by atoms with Gasteiger partial charge in [-0.15, -0.1) is 0 Å². The molecule has 1 aliphatic rings. The maximum Gasteiger partial charge on any atom is 0.243 e. The first kappa shape index (κ1) is 29.1. The Labute approximate surface area is 222 Å². The zero-order valence-electron chi connectivity index (χ0n) is 22.3. The van der Waals surface area contributed by atoms with Crippen molar-refractivity contribution in [3.05, 3.63) is 60.2 Å². The van der Waals surface area contributed by atoms with Crippen LogP contribution in [0.2, 0.25) is 0 Å². The van der Waals surface area contributed by atoms with Gasteiger partial charge in [0.25, 0.3) is 0 Å². The number of nitrogens with zero attached hydrogens (tertiary/aromatic N) is 1. The van der Waals surface area contributed by atoms with Crippen molar-refractivity contribution in [2.45, 2.75) is 75.8 Å². The second-order valence-corrected chi connectivity index (χ2v) is 12.4. The third kappa shape index (κ3) is 8.55. The number of methoxy groups -OCH3 is 1. The van der Waals surface area contributed by atoms with Gasteiger partial charge in [0.15, 0.2) is 0 Å². The van der Waals surface area contributed by atoms with Crippen molar-refractivity contribution < 1.29 is 23.1 Å². The summed E-state index contributed by atoms with van der Waals surface area (Å²) in [6, 6.07) is 15.3. The molecule has 0 spiro atoms. The number of ether oxygens (including phenoxy) is 1. The molecule has 37 heavy (non-hydrogen) atoms. The predicted octanol–water partition coefficient (Wildman–Crippen LogP) is 4.40. The molecule has 1 amide bonds. The Hall–Kier alpha value is -2.42. The van der Waals surface area contributed by atoms with Crippen LogP contribution in [0.15, 0.2) is 59.5 Å².